The number of phenols is 1. The number of nitrogens with zero attached hydrogens (tertiary/aromatic N) is 1. The van der Waals surface area contributed by atoms with Gasteiger partial charge in [0.05, 0.1) is 0 Å². The summed E-state index contributed by atoms with van der Waals surface area (Å²) in [6.45, 7) is 5.98. The molecule has 0 atom stereocenters. The molecule has 4 heteroatoms. The monoisotopic (exact) mass is 299 g/mol. The minimum Gasteiger partial charge on any atom is -0.508 e. The summed E-state index contributed by atoms with van der Waals surface area (Å²) in [6, 6.07) is 14.7. The van der Waals surface area contributed by atoms with E-state index >= 15 is 0 Å². The van der Waals surface area contributed by atoms with Crippen molar-refractivity contribution in [2.75, 3.05) is 0 Å². The van der Waals surface area contributed by atoms with Gasteiger partial charge in [0.25, 0.3) is 0 Å². The van der Waals surface area contributed by atoms with Crippen molar-refractivity contribution in [3.05, 3.63) is 54.1 Å². The van der Waals surface area contributed by atoms with E-state index in [9.17, 15) is 15.0 Å². The van der Waals surface area contributed by atoms with Gasteiger partial charge >= 0.3 is 6.09 Å². The van der Waals surface area contributed by atoms with Crippen LogP contribution in [0, 0.1) is 0 Å². The van der Waals surface area contributed by atoms with Gasteiger partial charge in [-0.25, -0.2) is 4.79 Å². The molecule has 0 aromatic heterocycles. The first-order valence-electron chi connectivity index (χ1n) is 7.16. The Bertz CT molecular complexity index is 657. The lowest BCUT2D eigenvalue weighted by Crippen LogP contribution is -2.44. The SMILES string of the molecule is CC(C)(C)N(Cc1cccc(-c2ccc(O)cc2)c1)C(=O)O. The molecule has 0 spiro atoms. The summed E-state index contributed by atoms with van der Waals surface area (Å²) >= 11 is 0. The Morgan fingerprint density at radius 3 is 2.23 bits per heavy atom. The lowest BCUT2D eigenvalue weighted by atomic mass is 10.0. The Morgan fingerprint density at radius 1 is 1.05 bits per heavy atom. The van der Waals surface area contributed by atoms with E-state index in [-0.39, 0.29) is 5.75 Å². The Hall–Kier alpha value is -2.49. The molecule has 0 fully saturated rings. The van der Waals surface area contributed by atoms with Gasteiger partial charge in [-0.1, -0.05) is 30.3 Å². The van der Waals surface area contributed by atoms with Crippen molar-refractivity contribution in [1.29, 1.82) is 0 Å². The van der Waals surface area contributed by atoms with Crippen LogP contribution in [0.1, 0.15) is 26.3 Å². The summed E-state index contributed by atoms with van der Waals surface area (Å²) in [7, 11) is 0. The van der Waals surface area contributed by atoms with Gasteiger partial charge < -0.3 is 10.2 Å². The highest BCUT2D eigenvalue weighted by molar-refractivity contribution is 5.67. The summed E-state index contributed by atoms with van der Waals surface area (Å²) in [5.74, 6) is 0.227. The number of hydrogen-bond donors (Lipinski definition) is 2. The number of benzene rings is 2. The average Bonchev–Trinajstić information content (AvgIpc) is 2.44. The lowest BCUT2D eigenvalue weighted by Gasteiger charge is -2.33. The summed E-state index contributed by atoms with van der Waals surface area (Å²) in [5.41, 5.74) is 2.46. The Kier molecular flexibility index (Phi) is 4.40. The number of phenolic OH excluding ortho intramolecular Hbond substituents is 1. The third kappa shape index (κ3) is 3.79. The highest BCUT2D eigenvalue weighted by Gasteiger charge is 2.26. The van der Waals surface area contributed by atoms with Gasteiger partial charge in [0.1, 0.15) is 5.75 Å². The smallest absolute Gasteiger partial charge is 0.408 e. The third-order valence-electron chi connectivity index (χ3n) is 3.51. The predicted octanol–water partition coefficient (Wildman–Crippen LogP) is 4.34. The molecule has 1 amide bonds. The van der Waals surface area contributed by atoms with Crippen molar-refractivity contribution in [3.63, 3.8) is 0 Å². The van der Waals surface area contributed by atoms with Crippen molar-refractivity contribution < 1.29 is 15.0 Å². The van der Waals surface area contributed by atoms with Crippen molar-refractivity contribution in [3.8, 4) is 16.9 Å². The van der Waals surface area contributed by atoms with Crippen LogP contribution in [-0.2, 0) is 6.54 Å². The second-order valence-electron chi connectivity index (χ2n) is 6.29. The summed E-state index contributed by atoms with van der Waals surface area (Å²) in [6.07, 6.45) is -0.928. The zero-order valence-electron chi connectivity index (χ0n) is 13.1. The van der Waals surface area contributed by atoms with Gasteiger partial charge in [0.2, 0.25) is 0 Å². The van der Waals surface area contributed by atoms with E-state index in [4.69, 9.17) is 0 Å². The normalized spacial score (nSPS) is 11.2. The van der Waals surface area contributed by atoms with Crippen molar-refractivity contribution in [2.45, 2.75) is 32.9 Å². The van der Waals surface area contributed by atoms with Gasteiger partial charge in [-0.05, 0) is 55.7 Å². The van der Waals surface area contributed by atoms with E-state index in [1.165, 1.54) is 4.90 Å². The maximum Gasteiger partial charge on any atom is 0.408 e. The van der Waals surface area contributed by atoms with E-state index in [0.717, 1.165) is 16.7 Å². The largest absolute Gasteiger partial charge is 0.508 e. The summed E-state index contributed by atoms with van der Waals surface area (Å²) < 4.78 is 0. The fourth-order valence-electron chi connectivity index (χ4n) is 2.28. The maximum absolute atomic E-state index is 11.4. The topological polar surface area (TPSA) is 60.8 Å². The van der Waals surface area contributed by atoms with Crippen LogP contribution in [0.25, 0.3) is 11.1 Å². The molecule has 0 bridgehead atoms. The Balaban J connectivity index is 2.28. The zero-order chi connectivity index (χ0) is 16.3. The molecule has 2 aromatic rings. The van der Waals surface area contributed by atoms with E-state index in [0.29, 0.717) is 6.54 Å². The molecule has 4 nitrogen and oxygen atoms in total. The predicted molar refractivity (Wildman–Crippen MR) is 86.9 cm³/mol. The van der Waals surface area contributed by atoms with E-state index in [1.54, 1.807) is 12.1 Å². The van der Waals surface area contributed by atoms with E-state index in [1.807, 2.05) is 57.2 Å². The summed E-state index contributed by atoms with van der Waals surface area (Å²) in [5, 5.41) is 18.7. The zero-order valence-corrected chi connectivity index (χ0v) is 13.1. The minimum atomic E-state index is -0.928. The molecule has 0 aliphatic rings. The van der Waals surface area contributed by atoms with Crippen molar-refractivity contribution in [2.24, 2.45) is 0 Å². The fourth-order valence-corrected chi connectivity index (χ4v) is 2.28. The molecule has 0 heterocycles. The molecule has 2 rings (SSSR count). The maximum atomic E-state index is 11.4. The number of aromatic hydroxyl groups is 1. The molecule has 22 heavy (non-hydrogen) atoms. The van der Waals surface area contributed by atoms with Crippen LogP contribution in [-0.4, -0.2) is 26.7 Å². The van der Waals surface area contributed by atoms with Crippen molar-refractivity contribution in [1.82, 2.24) is 4.90 Å². The van der Waals surface area contributed by atoms with Crippen molar-refractivity contribution >= 4 is 6.09 Å². The first-order chi connectivity index (χ1) is 10.3. The molecule has 0 radical (unpaired) electrons. The molecule has 0 saturated carbocycles. The Morgan fingerprint density at radius 2 is 1.68 bits per heavy atom. The second-order valence-corrected chi connectivity index (χ2v) is 6.29. The standard InChI is InChI=1S/C18H21NO3/c1-18(2,3)19(17(21)22)12-13-5-4-6-15(11-13)14-7-9-16(20)10-8-14/h4-11,20H,12H2,1-3H3,(H,21,22). The van der Waals surface area contributed by atoms with E-state index in [2.05, 4.69) is 0 Å². The van der Waals surface area contributed by atoms with Crippen LogP contribution in [0.4, 0.5) is 4.79 Å². The molecular formula is C18H21NO3. The number of hydrogen-bond acceptors (Lipinski definition) is 2. The van der Waals surface area contributed by atoms with Crippen LogP contribution in [0.3, 0.4) is 0 Å². The highest BCUT2D eigenvalue weighted by Crippen LogP contribution is 2.24. The van der Waals surface area contributed by atoms with E-state index < -0.39 is 11.6 Å². The molecule has 0 saturated heterocycles. The van der Waals surface area contributed by atoms with Crippen LogP contribution >= 0.6 is 0 Å². The van der Waals surface area contributed by atoms with Gasteiger partial charge in [-0.3, -0.25) is 4.90 Å². The fraction of sp³-hybridized carbons (Fsp3) is 0.278. The minimum absolute atomic E-state index is 0.227. The molecule has 0 aliphatic heterocycles. The summed E-state index contributed by atoms with van der Waals surface area (Å²) in [4.78, 5) is 12.9. The molecule has 0 unspecified atom stereocenters. The first kappa shape index (κ1) is 15.9. The quantitative estimate of drug-likeness (QED) is 0.886. The van der Waals surface area contributed by atoms with Gasteiger partial charge in [0, 0.05) is 12.1 Å². The number of amides is 1. The number of carboxylic acid groups (broad SMARTS) is 1. The van der Waals surface area contributed by atoms with Crippen LogP contribution in [0.2, 0.25) is 0 Å². The average molecular weight is 299 g/mol. The molecule has 116 valence electrons. The molecule has 2 N–H and O–H groups in total. The molecule has 0 aliphatic carbocycles. The van der Waals surface area contributed by atoms with Gasteiger partial charge in [-0.2, -0.15) is 0 Å². The molecule has 2 aromatic carbocycles. The second kappa shape index (κ2) is 6.10. The number of rotatable bonds is 3. The van der Waals surface area contributed by atoms with Crippen LogP contribution in [0.5, 0.6) is 5.75 Å². The lowest BCUT2D eigenvalue weighted by molar-refractivity contribution is 0.0956. The first-order valence-corrected chi connectivity index (χ1v) is 7.16. The van der Waals surface area contributed by atoms with Gasteiger partial charge in [-0.15, -0.1) is 0 Å². The van der Waals surface area contributed by atoms with Gasteiger partial charge in [0.15, 0.2) is 0 Å². The third-order valence-corrected chi connectivity index (χ3v) is 3.51. The van der Waals surface area contributed by atoms with Crippen LogP contribution in [0.15, 0.2) is 48.5 Å². The molecular weight excluding hydrogens is 278 g/mol. The number of carbonyl (C=O) groups is 1. The highest BCUT2D eigenvalue weighted by atomic mass is 16.4. The van der Waals surface area contributed by atoms with Crippen LogP contribution < -0.4 is 0 Å². The Labute approximate surface area is 130 Å².